The molecule has 0 spiro atoms. The Balaban J connectivity index is 2.20. The van der Waals surface area contributed by atoms with Crippen molar-refractivity contribution in [3.05, 3.63) is 63.3 Å². The molecule has 0 fully saturated rings. The first-order valence-electron chi connectivity index (χ1n) is 5.05. The zero-order valence-electron chi connectivity index (χ0n) is 8.86. The summed E-state index contributed by atoms with van der Waals surface area (Å²) in [5.41, 5.74) is 1.34. The summed E-state index contributed by atoms with van der Waals surface area (Å²) in [5.74, 6) is -0.0280. The molecule has 0 saturated carbocycles. The Hall–Kier alpha value is -1.19. The highest BCUT2D eigenvalue weighted by molar-refractivity contribution is 9.10. The lowest BCUT2D eigenvalue weighted by molar-refractivity contribution is 0.0987. The van der Waals surface area contributed by atoms with Crippen LogP contribution in [0.1, 0.15) is 16.1 Å². The molecule has 1 heterocycles. The van der Waals surface area contributed by atoms with Crippen LogP contribution >= 0.6 is 27.5 Å². The molecule has 0 bridgehead atoms. The molecule has 1 aromatic heterocycles. The smallest absolute Gasteiger partial charge is 0.186 e. The number of aromatic nitrogens is 1. The van der Waals surface area contributed by atoms with Gasteiger partial charge in [-0.1, -0.05) is 23.7 Å². The highest BCUT2D eigenvalue weighted by Gasteiger charge is 2.11. The summed E-state index contributed by atoms with van der Waals surface area (Å²) in [7, 11) is 0. The molecule has 0 N–H and O–H groups in total. The van der Waals surface area contributed by atoms with Crippen molar-refractivity contribution >= 4 is 33.3 Å². The predicted octanol–water partition coefficient (Wildman–Crippen LogP) is 3.92. The fourth-order valence-corrected chi connectivity index (χ4v) is 2.20. The van der Waals surface area contributed by atoms with Crippen LogP contribution in [-0.4, -0.2) is 10.8 Å². The Morgan fingerprint density at radius 2 is 2.12 bits per heavy atom. The monoisotopic (exact) mass is 309 g/mol. The van der Waals surface area contributed by atoms with E-state index in [-0.39, 0.29) is 5.78 Å². The SMILES string of the molecule is O=C(Cc1cccc(Cl)c1)c1ncccc1Br. The number of hydrogen-bond donors (Lipinski definition) is 0. The van der Waals surface area contributed by atoms with Crippen molar-refractivity contribution in [2.45, 2.75) is 6.42 Å². The maximum absolute atomic E-state index is 12.0. The van der Waals surface area contributed by atoms with E-state index in [1.807, 2.05) is 12.1 Å². The molecule has 0 saturated heterocycles. The third-order valence-electron chi connectivity index (χ3n) is 2.28. The van der Waals surface area contributed by atoms with Crippen LogP contribution in [-0.2, 0) is 6.42 Å². The number of ketones is 1. The average Bonchev–Trinajstić information content (AvgIpc) is 2.29. The molecule has 0 radical (unpaired) electrons. The number of pyridine rings is 1. The number of carbonyl (C=O) groups excluding carboxylic acids is 1. The fraction of sp³-hybridized carbons (Fsp3) is 0.0769. The average molecular weight is 311 g/mol. The van der Waals surface area contributed by atoms with Crippen molar-refractivity contribution in [3.8, 4) is 0 Å². The van der Waals surface area contributed by atoms with E-state index >= 15 is 0 Å². The minimum Gasteiger partial charge on any atom is -0.292 e. The van der Waals surface area contributed by atoms with Crippen molar-refractivity contribution in [2.24, 2.45) is 0 Å². The van der Waals surface area contributed by atoms with Gasteiger partial charge in [0, 0.05) is 22.1 Å². The van der Waals surface area contributed by atoms with Crippen molar-refractivity contribution in [3.63, 3.8) is 0 Å². The number of halogens is 2. The van der Waals surface area contributed by atoms with E-state index < -0.39 is 0 Å². The number of benzene rings is 1. The highest BCUT2D eigenvalue weighted by atomic mass is 79.9. The number of Topliss-reactive ketones (excluding diaryl/α,β-unsaturated/α-hetero) is 1. The Bertz CT molecular complexity index is 557. The van der Waals surface area contributed by atoms with Gasteiger partial charge in [0.1, 0.15) is 5.69 Å². The van der Waals surface area contributed by atoms with Gasteiger partial charge in [-0.3, -0.25) is 9.78 Å². The fourth-order valence-electron chi connectivity index (χ4n) is 1.51. The van der Waals surface area contributed by atoms with Gasteiger partial charge < -0.3 is 0 Å². The van der Waals surface area contributed by atoms with E-state index in [1.165, 1.54) is 0 Å². The van der Waals surface area contributed by atoms with Crippen LogP contribution in [0.2, 0.25) is 5.02 Å². The maximum atomic E-state index is 12.0. The van der Waals surface area contributed by atoms with Gasteiger partial charge in [0.2, 0.25) is 0 Å². The second-order valence-electron chi connectivity index (χ2n) is 3.56. The minimum atomic E-state index is -0.0280. The summed E-state index contributed by atoms with van der Waals surface area (Å²) in [4.78, 5) is 16.1. The molecule has 0 amide bonds. The molecule has 0 aliphatic rings. The third kappa shape index (κ3) is 3.14. The molecule has 1 aromatic carbocycles. The van der Waals surface area contributed by atoms with E-state index in [0.29, 0.717) is 21.6 Å². The standard InChI is InChI=1S/C13H9BrClNO/c14-11-5-2-6-16-13(11)12(17)8-9-3-1-4-10(15)7-9/h1-7H,8H2. The molecular formula is C13H9BrClNO. The van der Waals surface area contributed by atoms with Gasteiger partial charge in [-0.2, -0.15) is 0 Å². The molecule has 0 atom stereocenters. The van der Waals surface area contributed by atoms with Gasteiger partial charge in [0.25, 0.3) is 0 Å². The predicted molar refractivity (Wildman–Crippen MR) is 71.4 cm³/mol. The molecule has 4 heteroatoms. The lowest BCUT2D eigenvalue weighted by atomic mass is 10.1. The maximum Gasteiger partial charge on any atom is 0.186 e. The Morgan fingerprint density at radius 1 is 1.29 bits per heavy atom. The van der Waals surface area contributed by atoms with Gasteiger partial charge in [-0.25, -0.2) is 0 Å². The molecule has 2 nitrogen and oxygen atoms in total. The Labute approximate surface area is 113 Å². The molecule has 0 aliphatic heterocycles. The summed E-state index contributed by atoms with van der Waals surface area (Å²) < 4.78 is 0.715. The van der Waals surface area contributed by atoms with Gasteiger partial charge in [-0.15, -0.1) is 0 Å². The van der Waals surface area contributed by atoms with Crippen LogP contribution in [0.5, 0.6) is 0 Å². The zero-order valence-corrected chi connectivity index (χ0v) is 11.2. The van der Waals surface area contributed by atoms with Crippen molar-refractivity contribution in [1.82, 2.24) is 4.98 Å². The lowest BCUT2D eigenvalue weighted by Crippen LogP contribution is -2.06. The van der Waals surface area contributed by atoms with Crippen molar-refractivity contribution in [2.75, 3.05) is 0 Å². The first-order chi connectivity index (χ1) is 8.16. The van der Waals surface area contributed by atoms with Crippen LogP contribution in [0.25, 0.3) is 0 Å². The molecule has 0 aliphatic carbocycles. The second kappa shape index (κ2) is 5.43. The van der Waals surface area contributed by atoms with E-state index in [2.05, 4.69) is 20.9 Å². The van der Waals surface area contributed by atoms with Crippen LogP contribution in [0, 0.1) is 0 Å². The molecule has 2 aromatic rings. The number of hydrogen-bond acceptors (Lipinski definition) is 2. The summed E-state index contributed by atoms with van der Waals surface area (Å²) >= 11 is 9.18. The van der Waals surface area contributed by atoms with Crippen LogP contribution < -0.4 is 0 Å². The molecular weight excluding hydrogens is 302 g/mol. The molecule has 2 rings (SSSR count). The topological polar surface area (TPSA) is 30.0 Å². The first-order valence-corrected chi connectivity index (χ1v) is 6.22. The summed E-state index contributed by atoms with van der Waals surface area (Å²) in [6, 6.07) is 10.9. The van der Waals surface area contributed by atoms with Gasteiger partial charge in [-0.05, 0) is 45.8 Å². The normalized spacial score (nSPS) is 10.2. The third-order valence-corrected chi connectivity index (χ3v) is 3.15. The Kier molecular flexibility index (Phi) is 3.92. The number of carbonyl (C=O) groups is 1. The zero-order chi connectivity index (χ0) is 12.3. The molecule has 17 heavy (non-hydrogen) atoms. The van der Waals surface area contributed by atoms with Gasteiger partial charge >= 0.3 is 0 Å². The Morgan fingerprint density at radius 3 is 2.82 bits per heavy atom. The number of rotatable bonds is 3. The minimum absolute atomic E-state index is 0.0280. The van der Waals surface area contributed by atoms with E-state index in [4.69, 9.17) is 11.6 Å². The van der Waals surface area contributed by atoms with Crippen LogP contribution in [0.3, 0.4) is 0 Å². The van der Waals surface area contributed by atoms with E-state index in [1.54, 1.807) is 30.5 Å². The molecule has 86 valence electrons. The number of nitrogens with zero attached hydrogens (tertiary/aromatic N) is 1. The van der Waals surface area contributed by atoms with E-state index in [9.17, 15) is 4.79 Å². The van der Waals surface area contributed by atoms with E-state index in [0.717, 1.165) is 5.56 Å². The van der Waals surface area contributed by atoms with Crippen molar-refractivity contribution < 1.29 is 4.79 Å². The summed E-state index contributed by atoms with van der Waals surface area (Å²) in [6.07, 6.45) is 1.91. The molecule has 0 unspecified atom stereocenters. The van der Waals surface area contributed by atoms with Crippen LogP contribution in [0.15, 0.2) is 47.1 Å². The summed E-state index contributed by atoms with van der Waals surface area (Å²) in [6.45, 7) is 0. The largest absolute Gasteiger partial charge is 0.292 e. The van der Waals surface area contributed by atoms with Gasteiger partial charge in [0.05, 0.1) is 0 Å². The second-order valence-corrected chi connectivity index (χ2v) is 4.85. The van der Waals surface area contributed by atoms with Gasteiger partial charge in [0.15, 0.2) is 5.78 Å². The highest BCUT2D eigenvalue weighted by Crippen LogP contribution is 2.17. The quantitative estimate of drug-likeness (QED) is 0.804. The first kappa shape index (κ1) is 12.3. The van der Waals surface area contributed by atoms with Crippen LogP contribution in [0.4, 0.5) is 0 Å². The van der Waals surface area contributed by atoms with Crippen molar-refractivity contribution in [1.29, 1.82) is 0 Å². The summed E-state index contributed by atoms with van der Waals surface area (Å²) in [5, 5.41) is 0.635. The lowest BCUT2D eigenvalue weighted by Gasteiger charge is -2.03.